The van der Waals surface area contributed by atoms with Crippen LogP contribution in [0.15, 0.2) is 64.8 Å². The van der Waals surface area contributed by atoms with Crippen molar-refractivity contribution in [2.24, 2.45) is 0 Å². The van der Waals surface area contributed by atoms with Gasteiger partial charge in [0.05, 0.1) is 11.6 Å². The number of hydrogen-bond acceptors (Lipinski definition) is 6. The predicted octanol–water partition coefficient (Wildman–Crippen LogP) is 5.74. The Morgan fingerprint density at radius 2 is 1.69 bits per heavy atom. The summed E-state index contributed by atoms with van der Waals surface area (Å²) in [4.78, 5) is 18.6. The number of anilines is 1. The maximum Gasteiger partial charge on any atom is 0.192 e. The summed E-state index contributed by atoms with van der Waals surface area (Å²) < 4.78 is 0. The van der Waals surface area contributed by atoms with Crippen LogP contribution < -0.4 is 4.90 Å². The average molecular weight is 497 g/mol. The molecule has 2 aromatic heterocycles. The lowest BCUT2D eigenvalue weighted by Gasteiger charge is -2.36. The number of piperazine rings is 1. The number of aromatic amines is 1. The predicted molar refractivity (Wildman–Crippen MR) is 147 cm³/mol. The quantitative estimate of drug-likeness (QED) is 0.248. The summed E-state index contributed by atoms with van der Waals surface area (Å²) in [6.07, 6.45) is 5.50. The molecule has 1 N–H and O–H groups in total. The third kappa shape index (κ3) is 5.89. The molecule has 0 aliphatic carbocycles. The summed E-state index contributed by atoms with van der Waals surface area (Å²) in [5.74, 6) is 0. The molecule has 5 rings (SSSR count). The van der Waals surface area contributed by atoms with E-state index in [2.05, 4.69) is 61.3 Å². The number of hydrogen-bond donors (Lipinski definition) is 1. The molecule has 7 heteroatoms. The molecule has 0 radical (unpaired) electrons. The first-order valence-electron chi connectivity index (χ1n) is 12.6. The number of benzene rings is 2. The number of aromatic nitrogens is 3. The second-order valence-corrected chi connectivity index (χ2v) is 10.5. The Balaban J connectivity index is 1.06. The van der Waals surface area contributed by atoms with Crippen LogP contribution in [0.25, 0.3) is 10.9 Å². The number of unbranched alkanes of at least 4 members (excludes halogenated alkanes) is 1. The molecule has 1 saturated heterocycles. The maximum absolute atomic E-state index is 9.18. The first kappa shape index (κ1) is 24.4. The second kappa shape index (κ2) is 11.2. The van der Waals surface area contributed by atoms with Gasteiger partial charge in [0, 0.05) is 65.2 Å². The first-order valence-corrected chi connectivity index (χ1v) is 13.5. The number of fused-ring (bicyclic) bond motifs is 1. The van der Waals surface area contributed by atoms with Gasteiger partial charge in [-0.2, -0.15) is 5.26 Å². The molecule has 184 valence electrons. The van der Waals surface area contributed by atoms with Crippen molar-refractivity contribution < 1.29 is 0 Å². The number of nitriles is 1. The summed E-state index contributed by atoms with van der Waals surface area (Å²) in [5.41, 5.74) is 6.46. The van der Waals surface area contributed by atoms with Crippen molar-refractivity contribution in [1.29, 1.82) is 5.26 Å². The van der Waals surface area contributed by atoms with E-state index >= 15 is 0 Å². The van der Waals surface area contributed by atoms with Crippen LogP contribution in [0.5, 0.6) is 0 Å². The molecule has 6 nitrogen and oxygen atoms in total. The Hall–Kier alpha value is -3.34. The maximum atomic E-state index is 9.18. The number of aryl methyl sites for hydroxylation is 3. The van der Waals surface area contributed by atoms with Crippen LogP contribution in [-0.2, 0) is 6.42 Å². The molecular formula is C29H32N6S. The van der Waals surface area contributed by atoms with Crippen LogP contribution in [0.1, 0.15) is 35.4 Å². The smallest absolute Gasteiger partial charge is 0.192 e. The molecular weight excluding hydrogens is 464 g/mol. The van der Waals surface area contributed by atoms with Crippen LogP contribution in [0.4, 0.5) is 5.69 Å². The molecule has 0 unspecified atom stereocenters. The van der Waals surface area contributed by atoms with Gasteiger partial charge in [-0.3, -0.25) is 4.90 Å². The molecule has 0 spiro atoms. The van der Waals surface area contributed by atoms with E-state index in [4.69, 9.17) is 0 Å². The molecule has 36 heavy (non-hydrogen) atoms. The number of H-pyrrole nitrogens is 1. The molecule has 0 bridgehead atoms. The van der Waals surface area contributed by atoms with Crippen LogP contribution in [-0.4, -0.2) is 52.6 Å². The van der Waals surface area contributed by atoms with Gasteiger partial charge in [0.15, 0.2) is 5.16 Å². The Kier molecular flexibility index (Phi) is 7.55. The van der Waals surface area contributed by atoms with E-state index in [0.717, 1.165) is 73.2 Å². The summed E-state index contributed by atoms with van der Waals surface area (Å²) in [6.45, 7) is 9.50. The Bertz CT molecular complexity index is 1340. The Morgan fingerprint density at radius 3 is 2.42 bits per heavy atom. The first-order chi connectivity index (χ1) is 17.6. The molecule has 1 fully saturated rings. The number of nitrogens with zero attached hydrogens (tertiary/aromatic N) is 5. The van der Waals surface area contributed by atoms with Gasteiger partial charge in [0.2, 0.25) is 0 Å². The van der Waals surface area contributed by atoms with Crippen LogP contribution >= 0.6 is 11.8 Å². The van der Waals surface area contributed by atoms with Crippen molar-refractivity contribution in [2.45, 2.75) is 43.2 Å². The molecule has 1 aliphatic heterocycles. The summed E-state index contributed by atoms with van der Waals surface area (Å²) >= 11 is 1.62. The van der Waals surface area contributed by atoms with E-state index in [1.165, 1.54) is 28.0 Å². The molecule has 2 aromatic carbocycles. The van der Waals surface area contributed by atoms with E-state index in [-0.39, 0.29) is 0 Å². The average Bonchev–Trinajstić information content (AvgIpc) is 3.29. The van der Waals surface area contributed by atoms with Crippen molar-refractivity contribution in [3.63, 3.8) is 0 Å². The third-order valence-electron chi connectivity index (χ3n) is 6.81. The highest BCUT2D eigenvalue weighted by Crippen LogP contribution is 2.28. The molecule has 3 heterocycles. The number of rotatable bonds is 8. The third-order valence-corrected chi connectivity index (χ3v) is 7.69. The second-order valence-electron chi connectivity index (χ2n) is 9.50. The molecule has 1 aliphatic rings. The largest absolute Gasteiger partial charge is 0.369 e. The minimum atomic E-state index is 0.727. The van der Waals surface area contributed by atoms with Gasteiger partial charge in [-0.05, 0) is 106 Å². The number of nitrogens with one attached hydrogen (secondary N) is 1. The SMILES string of the molecule is Cc1cc(C)nc(Sc2ccc(N3CCN(CCCCc4c[nH]c5ccc(C#N)cc45)CC3)cc2)n1. The Morgan fingerprint density at radius 1 is 0.944 bits per heavy atom. The van der Waals surface area contributed by atoms with Gasteiger partial charge in [0.1, 0.15) is 0 Å². The standard InChI is InChI=1S/C29H32N6S/c1-21-17-22(2)33-29(32-21)36-26-9-7-25(8-10-26)35-15-13-34(14-16-35)12-4-3-5-24-20-31-28-11-6-23(19-30)18-27(24)28/h6-11,17-18,20,31H,3-5,12-16H2,1-2H3. The van der Waals surface area contributed by atoms with Crippen molar-refractivity contribution in [3.05, 3.63) is 77.2 Å². The monoisotopic (exact) mass is 496 g/mol. The zero-order chi connectivity index (χ0) is 24.9. The van der Waals surface area contributed by atoms with Gasteiger partial charge in [-0.15, -0.1) is 0 Å². The topological polar surface area (TPSA) is 71.8 Å². The molecule has 0 saturated carbocycles. The lowest BCUT2D eigenvalue weighted by molar-refractivity contribution is 0.253. The highest BCUT2D eigenvalue weighted by Gasteiger charge is 2.17. The van der Waals surface area contributed by atoms with Gasteiger partial charge >= 0.3 is 0 Å². The van der Waals surface area contributed by atoms with Crippen LogP contribution in [0, 0.1) is 25.2 Å². The fourth-order valence-electron chi connectivity index (χ4n) is 4.90. The van der Waals surface area contributed by atoms with Crippen LogP contribution in [0.2, 0.25) is 0 Å². The zero-order valence-electron chi connectivity index (χ0n) is 21.0. The van der Waals surface area contributed by atoms with E-state index < -0.39 is 0 Å². The van der Waals surface area contributed by atoms with Crippen molar-refractivity contribution >= 4 is 28.4 Å². The van der Waals surface area contributed by atoms with Gasteiger partial charge in [-0.1, -0.05) is 0 Å². The van der Waals surface area contributed by atoms with Gasteiger partial charge in [-0.25, -0.2) is 9.97 Å². The molecule has 0 amide bonds. The highest BCUT2D eigenvalue weighted by atomic mass is 32.2. The van der Waals surface area contributed by atoms with Crippen molar-refractivity contribution in [1.82, 2.24) is 19.9 Å². The summed E-state index contributed by atoms with van der Waals surface area (Å²) in [5, 5.41) is 11.2. The van der Waals surface area contributed by atoms with Crippen molar-refractivity contribution in [2.75, 3.05) is 37.6 Å². The van der Waals surface area contributed by atoms with Crippen molar-refractivity contribution in [3.8, 4) is 6.07 Å². The van der Waals surface area contributed by atoms with Crippen LogP contribution in [0.3, 0.4) is 0 Å². The molecule has 4 aromatic rings. The summed E-state index contributed by atoms with van der Waals surface area (Å²) in [7, 11) is 0. The Labute approximate surface area is 217 Å². The van der Waals surface area contributed by atoms with E-state index in [1.807, 2.05) is 38.1 Å². The van der Waals surface area contributed by atoms with E-state index in [0.29, 0.717) is 0 Å². The lowest BCUT2D eigenvalue weighted by Crippen LogP contribution is -2.46. The van der Waals surface area contributed by atoms with E-state index in [9.17, 15) is 5.26 Å². The van der Waals surface area contributed by atoms with Gasteiger partial charge < -0.3 is 9.88 Å². The normalized spacial score (nSPS) is 14.3. The lowest BCUT2D eigenvalue weighted by atomic mass is 10.1. The van der Waals surface area contributed by atoms with E-state index in [1.54, 1.807) is 11.8 Å². The minimum Gasteiger partial charge on any atom is -0.369 e. The fourth-order valence-corrected chi connectivity index (χ4v) is 5.77. The zero-order valence-corrected chi connectivity index (χ0v) is 21.8. The summed E-state index contributed by atoms with van der Waals surface area (Å²) in [6, 6.07) is 18.9. The highest BCUT2D eigenvalue weighted by molar-refractivity contribution is 7.99. The minimum absolute atomic E-state index is 0.727. The van der Waals surface area contributed by atoms with Gasteiger partial charge in [0.25, 0.3) is 0 Å². The molecule has 0 atom stereocenters. The fraction of sp³-hybridized carbons (Fsp3) is 0.345.